The van der Waals surface area contributed by atoms with Crippen molar-refractivity contribution in [2.75, 3.05) is 38.1 Å². The number of carbonyl (C=O) groups excluding carboxylic acids is 1. The lowest BCUT2D eigenvalue weighted by Gasteiger charge is -2.30. The fourth-order valence-electron chi connectivity index (χ4n) is 3.55. The number of anilines is 1. The quantitative estimate of drug-likeness (QED) is 0.900. The van der Waals surface area contributed by atoms with Crippen LogP contribution in [0.25, 0.3) is 0 Å². The van der Waals surface area contributed by atoms with E-state index < -0.39 is 0 Å². The molecule has 1 unspecified atom stereocenters. The first-order chi connectivity index (χ1) is 12.2. The minimum absolute atomic E-state index is 0.142. The lowest BCUT2D eigenvalue weighted by atomic mass is 10.0. The van der Waals surface area contributed by atoms with Gasteiger partial charge in [0, 0.05) is 44.7 Å². The summed E-state index contributed by atoms with van der Waals surface area (Å²) in [6.07, 6.45) is 1.94. The summed E-state index contributed by atoms with van der Waals surface area (Å²) in [7, 11) is 2.07. The Balaban J connectivity index is 1.44. The summed E-state index contributed by atoms with van der Waals surface area (Å²) in [6.45, 7) is 3.34. The monoisotopic (exact) mass is 341 g/mol. The van der Waals surface area contributed by atoms with Crippen LogP contribution in [-0.2, 0) is 17.6 Å². The van der Waals surface area contributed by atoms with Crippen LogP contribution >= 0.6 is 0 Å². The van der Waals surface area contributed by atoms with E-state index in [2.05, 4.69) is 33.5 Å². The SMILES string of the molecule is CN1CCNCC1c1noc(CCN2C(=O)CCc3ccccc32)n1. The molecule has 2 aromatic rings. The Bertz CT molecular complexity index is 759. The number of likely N-dealkylation sites (N-methyl/N-ethyl adjacent to an activating group) is 1. The molecular weight excluding hydrogens is 318 g/mol. The number of aryl methyl sites for hydroxylation is 1. The summed E-state index contributed by atoms with van der Waals surface area (Å²) < 4.78 is 5.43. The predicted molar refractivity (Wildman–Crippen MR) is 93.4 cm³/mol. The third-order valence-corrected chi connectivity index (χ3v) is 5.03. The van der Waals surface area contributed by atoms with Gasteiger partial charge in [-0.05, 0) is 25.1 Å². The van der Waals surface area contributed by atoms with Gasteiger partial charge in [0.1, 0.15) is 0 Å². The lowest BCUT2D eigenvalue weighted by molar-refractivity contribution is -0.118. The zero-order valence-corrected chi connectivity index (χ0v) is 14.4. The van der Waals surface area contributed by atoms with Crippen molar-refractivity contribution in [2.45, 2.75) is 25.3 Å². The second kappa shape index (κ2) is 6.93. The normalized spacial score (nSPS) is 21.4. The number of carbonyl (C=O) groups is 1. The highest BCUT2D eigenvalue weighted by Gasteiger charge is 2.27. The summed E-state index contributed by atoms with van der Waals surface area (Å²) in [4.78, 5) is 20.9. The maximum Gasteiger partial charge on any atom is 0.228 e. The van der Waals surface area contributed by atoms with Gasteiger partial charge in [-0.3, -0.25) is 9.69 Å². The Hall–Kier alpha value is -2.25. The van der Waals surface area contributed by atoms with Gasteiger partial charge in [0.2, 0.25) is 11.8 Å². The van der Waals surface area contributed by atoms with E-state index >= 15 is 0 Å². The molecule has 1 aromatic heterocycles. The Kier molecular flexibility index (Phi) is 4.50. The molecule has 1 amide bonds. The third kappa shape index (κ3) is 3.29. The van der Waals surface area contributed by atoms with Crippen LogP contribution in [0.3, 0.4) is 0 Å². The standard InChI is InChI=1S/C18H23N5O2/c1-22-11-9-19-12-15(22)18-20-16(25-21-18)8-10-23-14-5-3-2-4-13(14)6-7-17(23)24/h2-5,15,19H,6-12H2,1H3. The molecule has 2 aliphatic heterocycles. The molecule has 1 saturated heterocycles. The number of rotatable bonds is 4. The average molecular weight is 341 g/mol. The van der Waals surface area contributed by atoms with E-state index in [4.69, 9.17) is 4.52 Å². The summed E-state index contributed by atoms with van der Waals surface area (Å²) in [5.41, 5.74) is 2.23. The molecule has 3 heterocycles. The van der Waals surface area contributed by atoms with Crippen molar-refractivity contribution in [3.8, 4) is 0 Å². The highest BCUT2D eigenvalue weighted by atomic mass is 16.5. The molecule has 2 aliphatic rings. The first kappa shape index (κ1) is 16.2. The van der Waals surface area contributed by atoms with Gasteiger partial charge >= 0.3 is 0 Å². The number of hydrogen-bond donors (Lipinski definition) is 1. The first-order valence-corrected chi connectivity index (χ1v) is 8.84. The summed E-state index contributed by atoms with van der Waals surface area (Å²) in [5, 5.41) is 7.50. The Labute approximate surface area is 147 Å². The maximum atomic E-state index is 12.3. The van der Waals surface area contributed by atoms with Gasteiger partial charge in [0.15, 0.2) is 5.82 Å². The lowest BCUT2D eigenvalue weighted by Crippen LogP contribution is -2.44. The van der Waals surface area contributed by atoms with Gasteiger partial charge in [0.25, 0.3) is 0 Å². The number of nitrogens with one attached hydrogen (secondary N) is 1. The van der Waals surface area contributed by atoms with E-state index in [9.17, 15) is 4.79 Å². The molecule has 132 valence electrons. The van der Waals surface area contributed by atoms with E-state index in [1.54, 1.807) is 0 Å². The molecule has 7 heteroatoms. The molecule has 1 aromatic carbocycles. The minimum atomic E-state index is 0.142. The van der Waals surface area contributed by atoms with Crippen molar-refractivity contribution in [3.05, 3.63) is 41.5 Å². The van der Waals surface area contributed by atoms with Gasteiger partial charge in [-0.25, -0.2) is 0 Å². The molecule has 0 spiro atoms. The number of piperazine rings is 1. The molecular formula is C18H23N5O2. The van der Waals surface area contributed by atoms with Crippen LogP contribution in [0.4, 0.5) is 5.69 Å². The Morgan fingerprint density at radius 3 is 3.08 bits per heavy atom. The summed E-state index contributed by atoms with van der Waals surface area (Å²) in [6, 6.07) is 8.23. The van der Waals surface area contributed by atoms with Crippen molar-refractivity contribution in [1.29, 1.82) is 0 Å². The first-order valence-electron chi connectivity index (χ1n) is 8.84. The number of aromatic nitrogens is 2. The molecule has 4 rings (SSSR count). The summed E-state index contributed by atoms with van der Waals surface area (Å²) in [5.74, 6) is 1.47. The molecule has 0 saturated carbocycles. The van der Waals surface area contributed by atoms with Crippen LogP contribution in [0.5, 0.6) is 0 Å². The molecule has 0 aliphatic carbocycles. The largest absolute Gasteiger partial charge is 0.339 e. The molecule has 0 bridgehead atoms. The van der Waals surface area contributed by atoms with Crippen molar-refractivity contribution in [3.63, 3.8) is 0 Å². The number of amides is 1. The van der Waals surface area contributed by atoms with Crippen LogP contribution in [0.2, 0.25) is 0 Å². The second-order valence-electron chi connectivity index (χ2n) is 6.67. The van der Waals surface area contributed by atoms with Crippen molar-refractivity contribution in [2.24, 2.45) is 0 Å². The topological polar surface area (TPSA) is 74.5 Å². The van der Waals surface area contributed by atoms with Gasteiger partial charge in [-0.15, -0.1) is 0 Å². The van der Waals surface area contributed by atoms with E-state index in [0.717, 1.165) is 37.6 Å². The van der Waals surface area contributed by atoms with Crippen LogP contribution in [0.1, 0.15) is 29.7 Å². The Morgan fingerprint density at radius 2 is 2.20 bits per heavy atom. The zero-order valence-electron chi connectivity index (χ0n) is 14.4. The van der Waals surface area contributed by atoms with E-state index in [-0.39, 0.29) is 11.9 Å². The van der Waals surface area contributed by atoms with Crippen LogP contribution in [-0.4, -0.2) is 54.2 Å². The highest BCUT2D eigenvalue weighted by Crippen LogP contribution is 2.27. The van der Waals surface area contributed by atoms with Crippen LogP contribution in [0, 0.1) is 0 Å². The van der Waals surface area contributed by atoms with Gasteiger partial charge in [-0.2, -0.15) is 4.98 Å². The molecule has 7 nitrogen and oxygen atoms in total. The predicted octanol–water partition coefficient (Wildman–Crippen LogP) is 1.17. The van der Waals surface area contributed by atoms with Crippen LogP contribution in [0.15, 0.2) is 28.8 Å². The third-order valence-electron chi connectivity index (χ3n) is 5.03. The fourth-order valence-corrected chi connectivity index (χ4v) is 3.55. The highest BCUT2D eigenvalue weighted by molar-refractivity contribution is 5.96. The number of benzene rings is 1. The smallest absolute Gasteiger partial charge is 0.228 e. The zero-order chi connectivity index (χ0) is 17.2. The van der Waals surface area contributed by atoms with E-state index in [1.165, 1.54) is 5.56 Å². The number of hydrogen-bond acceptors (Lipinski definition) is 6. The molecule has 1 fully saturated rings. The minimum Gasteiger partial charge on any atom is -0.339 e. The number of nitrogens with zero attached hydrogens (tertiary/aromatic N) is 4. The van der Waals surface area contributed by atoms with Gasteiger partial charge in [-0.1, -0.05) is 23.4 Å². The van der Waals surface area contributed by atoms with Crippen LogP contribution < -0.4 is 10.2 Å². The van der Waals surface area contributed by atoms with Crippen molar-refractivity contribution >= 4 is 11.6 Å². The van der Waals surface area contributed by atoms with E-state index in [1.807, 2.05) is 23.1 Å². The average Bonchev–Trinajstić information content (AvgIpc) is 3.10. The molecule has 0 radical (unpaired) electrons. The maximum absolute atomic E-state index is 12.3. The van der Waals surface area contributed by atoms with E-state index in [0.29, 0.717) is 25.3 Å². The van der Waals surface area contributed by atoms with Gasteiger partial charge in [0.05, 0.1) is 6.04 Å². The number of fused-ring (bicyclic) bond motifs is 1. The van der Waals surface area contributed by atoms with Gasteiger partial charge < -0.3 is 14.7 Å². The van der Waals surface area contributed by atoms with Crippen molar-refractivity contribution < 1.29 is 9.32 Å². The van der Waals surface area contributed by atoms with Crippen molar-refractivity contribution in [1.82, 2.24) is 20.4 Å². The second-order valence-corrected chi connectivity index (χ2v) is 6.67. The number of para-hydroxylation sites is 1. The Morgan fingerprint density at radius 1 is 1.32 bits per heavy atom. The molecule has 25 heavy (non-hydrogen) atoms. The fraction of sp³-hybridized carbons (Fsp3) is 0.500. The summed E-state index contributed by atoms with van der Waals surface area (Å²) >= 11 is 0. The molecule has 1 N–H and O–H groups in total. The molecule has 1 atom stereocenters.